The van der Waals surface area contributed by atoms with Gasteiger partial charge in [0.15, 0.2) is 6.61 Å². The second kappa shape index (κ2) is 21.1. The van der Waals surface area contributed by atoms with Gasteiger partial charge in [-0.05, 0) is 97.8 Å². The minimum Gasteiger partial charge on any atom is -0.487 e. The number of allylic oxidation sites excluding steroid dienone is 2. The van der Waals surface area contributed by atoms with Gasteiger partial charge in [0.25, 0.3) is 5.92 Å². The van der Waals surface area contributed by atoms with Crippen LogP contribution in [0.25, 0.3) is 22.3 Å². The van der Waals surface area contributed by atoms with Crippen molar-refractivity contribution in [2.45, 2.75) is 70.2 Å². The van der Waals surface area contributed by atoms with E-state index in [0.717, 1.165) is 28.3 Å². The summed E-state index contributed by atoms with van der Waals surface area (Å²) in [6, 6.07) is 41.9. The largest absolute Gasteiger partial charge is 0.487 e. The molecule has 0 unspecified atom stereocenters. The Bertz CT molecular complexity index is 2190. The molecule has 0 amide bonds. The summed E-state index contributed by atoms with van der Waals surface area (Å²) in [7, 11) is 0. The lowest BCUT2D eigenvalue weighted by atomic mass is 9.89. The number of benzene rings is 5. The number of hydrogen-bond acceptors (Lipinski definition) is 7. The smallest absolute Gasteiger partial charge is 0.338 e. The predicted molar refractivity (Wildman–Crippen MR) is 229 cm³/mol. The summed E-state index contributed by atoms with van der Waals surface area (Å²) in [5.74, 6) is -5.85. The van der Waals surface area contributed by atoms with E-state index < -0.39 is 48.5 Å². The van der Waals surface area contributed by atoms with Crippen LogP contribution in [-0.4, -0.2) is 48.7 Å². The third-order valence-corrected chi connectivity index (χ3v) is 10.3. The van der Waals surface area contributed by atoms with Crippen molar-refractivity contribution in [3.05, 3.63) is 175 Å². The van der Waals surface area contributed by atoms with Crippen molar-refractivity contribution in [2.75, 3.05) is 6.61 Å². The Labute approximate surface area is 350 Å². The van der Waals surface area contributed by atoms with Crippen molar-refractivity contribution >= 4 is 17.9 Å². The van der Waals surface area contributed by atoms with Gasteiger partial charge in [-0.2, -0.15) is 8.78 Å². The summed E-state index contributed by atoms with van der Waals surface area (Å²) in [5.41, 5.74) is 4.46. The number of unbranched alkanes of at least 4 members (excludes halogenated alkanes) is 1. The van der Waals surface area contributed by atoms with Crippen molar-refractivity contribution < 1.29 is 42.1 Å². The fraction of sp³-hybridized carbons (Fsp3) is 0.275. The molecule has 0 N–H and O–H groups in total. The first kappa shape index (κ1) is 43.2. The zero-order chi connectivity index (χ0) is 42.3. The highest BCUT2D eigenvalue weighted by molar-refractivity contribution is 5.91. The standard InChI is InChI=1S/C51H50F2O7/c1-36(2)58-48(54)23-15-4-3-14-22-44-45(32-33-51(52,53)35-57-43-20-12-7-13-21-43)47(60-50(56)42-30-26-40(27-31-42)38-18-10-6-11-19-38)34-46(44)59-49(55)41-28-24-39(25-29-41)37-16-8-5-9-17-37/h3,5-14,16-21,24-33,36,44-47H,4,15,22-23,34-35H2,1-2H3/b14-3-,33-32+/t44-,45-,46+,47-/m1/s1. The van der Waals surface area contributed by atoms with Crippen LogP contribution in [-0.2, 0) is 19.0 Å². The normalized spacial score (nSPS) is 17.8. The van der Waals surface area contributed by atoms with Crippen molar-refractivity contribution in [2.24, 2.45) is 11.8 Å². The molecule has 0 heterocycles. The maximum atomic E-state index is 15.5. The number of carbonyl (C=O) groups excluding carboxylic acids is 3. The molecule has 1 saturated carbocycles. The highest BCUT2D eigenvalue weighted by atomic mass is 19.3. The molecule has 5 aromatic carbocycles. The zero-order valence-corrected chi connectivity index (χ0v) is 33.8. The molecule has 5 aromatic rings. The Morgan fingerprint density at radius 3 is 1.70 bits per heavy atom. The number of hydrogen-bond donors (Lipinski definition) is 0. The summed E-state index contributed by atoms with van der Waals surface area (Å²) in [6.07, 6.45) is 5.88. The van der Waals surface area contributed by atoms with Gasteiger partial charge in [0, 0.05) is 24.7 Å². The fourth-order valence-electron chi connectivity index (χ4n) is 7.25. The Hall–Kier alpha value is -6.35. The molecule has 0 aliphatic heterocycles. The molecule has 9 heteroatoms. The molecule has 60 heavy (non-hydrogen) atoms. The van der Waals surface area contributed by atoms with E-state index in [1.807, 2.05) is 97.1 Å². The molecule has 4 atom stereocenters. The van der Waals surface area contributed by atoms with E-state index in [1.54, 1.807) is 68.4 Å². The van der Waals surface area contributed by atoms with Crippen molar-refractivity contribution in [1.29, 1.82) is 0 Å². The van der Waals surface area contributed by atoms with Crippen molar-refractivity contribution in [1.82, 2.24) is 0 Å². The number of ether oxygens (including phenoxy) is 4. The van der Waals surface area contributed by atoms with Gasteiger partial charge in [0.2, 0.25) is 0 Å². The lowest BCUT2D eigenvalue weighted by Crippen LogP contribution is -2.28. The third kappa shape index (κ3) is 12.6. The topological polar surface area (TPSA) is 88.1 Å². The van der Waals surface area contributed by atoms with Gasteiger partial charge < -0.3 is 18.9 Å². The number of alkyl halides is 2. The molecular weight excluding hydrogens is 763 g/mol. The van der Waals surface area contributed by atoms with Crippen LogP contribution in [0.15, 0.2) is 164 Å². The molecule has 1 fully saturated rings. The molecule has 6 rings (SSSR count). The Morgan fingerprint density at radius 2 is 1.17 bits per heavy atom. The van der Waals surface area contributed by atoms with Gasteiger partial charge in [-0.3, -0.25) is 4.79 Å². The third-order valence-electron chi connectivity index (χ3n) is 10.3. The van der Waals surface area contributed by atoms with Crippen LogP contribution in [0.3, 0.4) is 0 Å². The number of para-hydroxylation sites is 1. The molecule has 7 nitrogen and oxygen atoms in total. The predicted octanol–water partition coefficient (Wildman–Crippen LogP) is 11.7. The average Bonchev–Trinajstić information content (AvgIpc) is 3.58. The second-order valence-corrected chi connectivity index (χ2v) is 15.1. The Morgan fingerprint density at radius 1 is 0.667 bits per heavy atom. The van der Waals surface area contributed by atoms with Crippen molar-refractivity contribution in [3.63, 3.8) is 0 Å². The van der Waals surface area contributed by atoms with Crippen LogP contribution < -0.4 is 4.74 Å². The van der Waals surface area contributed by atoms with E-state index in [-0.39, 0.29) is 24.9 Å². The zero-order valence-electron chi connectivity index (χ0n) is 33.8. The summed E-state index contributed by atoms with van der Waals surface area (Å²) in [6.45, 7) is 2.69. The van der Waals surface area contributed by atoms with Gasteiger partial charge in [0.05, 0.1) is 17.2 Å². The van der Waals surface area contributed by atoms with Crippen LogP contribution in [0.5, 0.6) is 5.75 Å². The van der Waals surface area contributed by atoms with Crippen LogP contribution in [0.4, 0.5) is 8.78 Å². The van der Waals surface area contributed by atoms with E-state index in [2.05, 4.69) is 0 Å². The number of carbonyl (C=O) groups is 3. The van der Waals surface area contributed by atoms with E-state index in [9.17, 15) is 14.4 Å². The van der Waals surface area contributed by atoms with Crippen LogP contribution in [0.2, 0.25) is 0 Å². The summed E-state index contributed by atoms with van der Waals surface area (Å²) >= 11 is 0. The summed E-state index contributed by atoms with van der Waals surface area (Å²) < 4.78 is 53.9. The summed E-state index contributed by atoms with van der Waals surface area (Å²) in [5, 5.41) is 0. The molecule has 0 radical (unpaired) electrons. The van der Waals surface area contributed by atoms with Gasteiger partial charge in [0.1, 0.15) is 18.0 Å². The first-order chi connectivity index (χ1) is 29.0. The first-order valence-electron chi connectivity index (χ1n) is 20.4. The average molecular weight is 813 g/mol. The van der Waals surface area contributed by atoms with E-state index in [0.29, 0.717) is 36.1 Å². The lowest BCUT2D eigenvalue weighted by Gasteiger charge is -2.24. The minimum atomic E-state index is -3.38. The second-order valence-electron chi connectivity index (χ2n) is 15.1. The highest BCUT2D eigenvalue weighted by Gasteiger charge is 2.46. The van der Waals surface area contributed by atoms with Gasteiger partial charge in [-0.15, -0.1) is 0 Å². The van der Waals surface area contributed by atoms with Gasteiger partial charge >= 0.3 is 17.9 Å². The lowest BCUT2D eigenvalue weighted by molar-refractivity contribution is -0.147. The Kier molecular flexibility index (Phi) is 15.2. The fourth-order valence-corrected chi connectivity index (χ4v) is 7.25. The maximum absolute atomic E-state index is 15.5. The quantitative estimate of drug-likeness (QED) is 0.0377. The van der Waals surface area contributed by atoms with E-state index >= 15 is 8.78 Å². The molecule has 1 aliphatic carbocycles. The molecule has 1 aliphatic rings. The SMILES string of the molecule is CC(C)OC(=O)CCC/C=C\C[C@@H]1[C@@H](/C=C/C(F)(F)COc2ccccc2)[C@H](OC(=O)c2ccc(-c3ccccc3)cc2)C[C@@H]1OC(=O)c1ccc(-c2ccccc2)cc1. The molecule has 0 bridgehead atoms. The number of esters is 3. The van der Waals surface area contributed by atoms with Gasteiger partial charge in [-0.25, -0.2) is 9.59 Å². The van der Waals surface area contributed by atoms with Gasteiger partial charge in [-0.1, -0.05) is 121 Å². The highest BCUT2D eigenvalue weighted by Crippen LogP contribution is 2.41. The maximum Gasteiger partial charge on any atom is 0.338 e. The first-order valence-corrected chi connectivity index (χ1v) is 20.4. The molecular formula is C51H50F2O7. The van der Waals surface area contributed by atoms with Crippen molar-refractivity contribution in [3.8, 4) is 28.0 Å². The van der Waals surface area contributed by atoms with Crippen LogP contribution in [0.1, 0.15) is 66.7 Å². The number of rotatable bonds is 18. The van der Waals surface area contributed by atoms with E-state index in [1.165, 1.54) is 6.08 Å². The molecule has 310 valence electrons. The van der Waals surface area contributed by atoms with E-state index in [4.69, 9.17) is 18.9 Å². The Balaban J connectivity index is 1.24. The number of halogens is 2. The minimum absolute atomic E-state index is 0.0856. The molecule has 0 spiro atoms. The summed E-state index contributed by atoms with van der Waals surface area (Å²) in [4.78, 5) is 39.6. The molecule has 0 saturated heterocycles. The van der Waals surface area contributed by atoms with Crippen LogP contribution in [0, 0.1) is 11.8 Å². The molecule has 0 aromatic heterocycles. The van der Waals surface area contributed by atoms with Crippen LogP contribution >= 0.6 is 0 Å². The monoisotopic (exact) mass is 812 g/mol.